The molecule has 1 saturated carbocycles. The van der Waals surface area contributed by atoms with Crippen LogP contribution in [0.3, 0.4) is 0 Å². The van der Waals surface area contributed by atoms with Gasteiger partial charge in [0, 0.05) is 22.9 Å². The van der Waals surface area contributed by atoms with Crippen molar-refractivity contribution in [2.75, 3.05) is 6.26 Å². The number of phenols is 1. The highest BCUT2D eigenvalue weighted by Crippen LogP contribution is 2.31. The summed E-state index contributed by atoms with van der Waals surface area (Å²) in [4.78, 5) is 0. The van der Waals surface area contributed by atoms with Crippen LogP contribution in [0, 0.1) is 6.92 Å². The van der Waals surface area contributed by atoms with Gasteiger partial charge in [-0.1, -0.05) is 12.1 Å². The van der Waals surface area contributed by atoms with Gasteiger partial charge in [-0.25, -0.2) is 0 Å². The minimum absolute atomic E-state index is 0.219. The van der Waals surface area contributed by atoms with E-state index in [0.717, 1.165) is 16.4 Å². The summed E-state index contributed by atoms with van der Waals surface area (Å²) < 4.78 is 0. The van der Waals surface area contributed by atoms with Crippen molar-refractivity contribution in [1.82, 2.24) is 5.32 Å². The molecule has 1 fully saturated rings. The Balaban J connectivity index is 1.97. The second kappa shape index (κ2) is 5.98. The van der Waals surface area contributed by atoms with Gasteiger partial charge >= 0.3 is 0 Å². The summed E-state index contributed by atoms with van der Waals surface area (Å²) in [6.07, 6.45) is 6.01. The third-order valence-electron chi connectivity index (χ3n) is 3.86. The number of phenolic OH excluding ortho intramolecular Hbond substituents is 1. The molecule has 100 valence electrons. The summed E-state index contributed by atoms with van der Waals surface area (Å²) in [5.41, 5.74) is 2.11. The maximum atomic E-state index is 9.99. The highest BCUT2D eigenvalue weighted by atomic mass is 32.2. The second-order valence-electron chi connectivity index (χ2n) is 5.32. The number of thioether (sulfide) groups is 1. The Morgan fingerprint density at radius 3 is 2.78 bits per heavy atom. The van der Waals surface area contributed by atoms with E-state index in [0.29, 0.717) is 11.8 Å². The van der Waals surface area contributed by atoms with E-state index >= 15 is 0 Å². The molecule has 1 aromatic carbocycles. The number of aromatic hydroxyl groups is 1. The van der Waals surface area contributed by atoms with Crippen molar-refractivity contribution in [1.29, 1.82) is 0 Å². The van der Waals surface area contributed by atoms with Crippen molar-refractivity contribution in [3.8, 4) is 5.75 Å². The van der Waals surface area contributed by atoms with E-state index in [4.69, 9.17) is 0 Å². The minimum Gasteiger partial charge on any atom is -0.508 e. The zero-order valence-corrected chi connectivity index (χ0v) is 12.3. The van der Waals surface area contributed by atoms with Gasteiger partial charge in [-0.05, 0) is 51.0 Å². The van der Waals surface area contributed by atoms with Gasteiger partial charge in [0.1, 0.15) is 5.75 Å². The third-order valence-corrected chi connectivity index (χ3v) is 4.95. The highest BCUT2D eigenvalue weighted by molar-refractivity contribution is 7.99. The van der Waals surface area contributed by atoms with Crippen molar-refractivity contribution < 1.29 is 5.11 Å². The van der Waals surface area contributed by atoms with E-state index in [1.165, 1.54) is 19.3 Å². The van der Waals surface area contributed by atoms with Crippen LogP contribution in [0.5, 0.6) is 5.75 Å². The van der Waals surface area contributed by atoms with Gasteiger partial charge in [-0.3, -0.25) is 0 Å². The molecule has 0 radical (unpaired) electrons. The molecule has 0 amide bonds. The Morgan fingerprint density at radius 2 is 2.17 bits per heavy atom. The van der Waals surface area contributed by atoms with Crippen molar-refractivity contribution >= 4 is 11.8 Å². The monoisotopic (exact) mass is 265 g/mol. The number of nitrogens with one attached hydrogen (secondary N) is 1. The van der Waals surface area contributed by atoms with Crippen molar-refractivity contribution in [3.63, 3.8) is 0 Å². The quantitative estimate of drug-likeness (QED) is 0.872. The average Bonchev–Trinajstić information content (AvgIpc) is 2.76. The van der Waals surface area contributed by atoms with Gasteiger partial charge in [0.2, 0.25) is 0 Å². The standard InChI is InChI=1S/C15H23NOS/c1-10-4-7-14(15(17)8-10)11(2)16-12-5-6-13(9-12)18-3/h4,7-8,11-13,16-17H,5-6,9H2,1-3H3. The largest absolute Gasteiger partial charge is 0.508 e. The molecule has 2 nitrogen and oxygen atoms in total. The molecule has 2 rings (SSSR count). The van der Waals surface area contributed by atoms with E-state index in [1.54, 1.807) is 0 Å². The zero-order valence-electron chi connectivity index (χ0n) is 11.4. The number of hydrogen-bond acceptors (Lipinski definition) is 3. The van der Waals surface area contributed by atoms with Crippen LogP contribution in [0.1, 0.15) is 43.4 Å². The van der Waals surface area contributed by atoms with E-state index in [-0.39, 0.29) is 6.04 Å². The van der Waals surface area contributed by atoms with Crippen LogP contribution < -0.4 is 5.32 Å². The van der Waals surface area contributed by atoms with Crippen LogP contribution in [-0.4, -0.2) is 22.7 Å². The lowest BCUT2D eigenvalue weighted by atomic mass is 10.0. The maximum absolute atomic E-state index is 9.99. The lowest BCUT2D eigenvalue weighted by Gasteiger charge is -2.21. The molecule has 1 aromatic rings. The fourth-order valence-electron chi connectivity index (χ4n) is 2.77. The van der Waals surface area contributed by atoms with Crippen LogP contribution in [0.4, 0.5) is 0 Å². The van der Waals surface area contributed by atoms with Crippen molar-refractivity contribution in [2.24, 2.45) is 0 Å². The van der Waals surface area contributed by atoms with Crippen molar-refractivity contribution in [2.45, 2.75) is 50.4 Å². The zero-order chi connectivity index (χ0) is 13.1. The molecule has 0 heterocycles. The summed E-state index contributed by atoms with van der Waals surface area (Å²) in [7, 11) is 0. The molecule has 3 heteroatoms. The van der Waals surface area contributed by atoms with Crippen molar-refractivity contribution in [3.05, 3.63) is 29.3 Å². The summed E-state index contributed by atoms with van der Waals surface area (Å²) in [5.74, 6) is 0.411. The Kier molecular flexibility index (Phi) is 4.57. The molecule has 2 N–H and O–H groups in total. The smallest absolute Gasteiger partial charge is 0.120 e. The predicted octanol–water partition coefficient (Wildman–Crippen LogP) is 3.64. The van der Waals surface area contributed by atoms with E-state index in [2.05, 4.69) is 24.6 Å². The van der Waals surface area contributed by atoms with Crippen LogP contribution in [0.2, 0.25) is 0 Å². The Bertz CT molecular complexity index is 407. The van der Waals surface area contributed by atoms with E-state index in [9.17, 15) is 5.11 Å². The van der Waals surface area contributed by atoms with Crippen LogP contribution in [0.25, 0.3) is 0 Å². The number of benzene rings is 1. The summed E-state index contributed by atoms with van der Waals surface area (Å²) >= 11 is 1.97. The molecule has 18 heavy (non-hydrogen) atoms. The number of aryl methyl sites for hydroxylation is 1. The SMILES string of the molecule is CSC1CCC(NC(C)c2ccc(C)cc2O)C1. The molecule has 3 unspecified atom stereocenters. The molecule has 1 aliphatic carbocycles. The third kappa shape index (κ3) is 3.21. The maximum Gasteiger partial charge on any atom is 0.120 e. The summed E-state index contributed by atoms with van der Waals surface area (Å²) in [6, 6.07) is 6.75. The molecule has 0 aromatic heterocycles. The fourth-order valence-corrected chi connectivity index (χ4v) is 3.57. The first-order valence-corrected chi connectivity index (χ1v) is 7.97. The summed E-state index contributed by atoms with van der Waals surface area (Å²) in [5, 5.41) is 14.4. The molecular formula is C15H23NOS. The van der Waals surface area contributed by atoms with Gasteiger partial charge < -0.3 is 10.4 Å². The number of hydrogen-bond donors (Lipinski definition) is 2. The lowest BCUT2D eigenvalue weighted by Crippen LogP contribution is -2.29. The second-order valence-corrected chi connectivity index (χ2v) is 6.46. The summed E-state index contributed by atoms with van der Waals surface area (Å²) in [6.45, 7) is 4.14. The molecule has 3 atom stereocenters. The van der Waals surface area contributed by atoms with Gasteiger partial charge in [-0.2, -0.15) is 11.8 Å². The van der Waals surface area contributed by atoms with Crippen LogP contribution in [-0.2, 0) is 0 Å². The minimum atomic E-state index is 0.219. The molecule has 0 aliphatic heterocycles. The normalized spacial score (nSPS) is 25.3. The molecular weight excluding hydrogens is 242 g/mol. The lowest BCUT2D eigenvalue weighted by molar-refractivity contribution is 0.427. The number of rotatable bonds is 4. The topological polar surface area (TPSA) is 32.3 Å². The van der Waals surface area contributed by atoms with Gasteiger partial charge in [0.05, 0.1) is 0 Å². The van der Waals surface area contributed by atoms with E-state index < -0.39 is 0 Å². The fraction of sp³-hybridized carbons (Fsp3) is 0.600. The van der Waals surface area contributed by atoms with Crippen LogP contribution in [0.15, 0.2) is 18.2 Å². The Labute approximate surface area is 114 Å². The molecule has 0 bridgehead atoms. The van der Waals surface area contributed by atoms with Crippen LogP contribution >= 0.6 is 11.8 Å². The van der Waals surface area contributed by atoms with Gasteiger partial charge in [-0.15, -0.1) is 0 Å². The van der Waals surface area contributed by atoms with Gasteiger partial charge in [0.15, 0.2) is 0 Å². The average molecular weight is 265 g/mol. The van der Waals surface area contributed by atoms with E-state index in [1.807, 2.05) is 30.8 Å². The Hall–Kier alpha value is -0.670. The highest BCUT2D eigenvalue weighted by Gasteiger charge is 2.25. The first-order chi connectivity index (χ1) is 8.60. The predicted molar refractivity (Wildman–Crippen MR) is 79.3 cm³/mol. The molecule has 1 aliphatic rings. The first-order valence-electron chi connectivity index (χ1n) is 6.68. The molecule has 0 spiro atoms. The van der Waals surface area contributed by atoms with Gasteiger partial charge in [0.25, 0.3) is 0 Å². The first kappa shape index (κ1) is 13.8. The Morgan fingerprint density at radius 1 is 1.39 bits per heavy atom. The molecule has 0 saturated heterocycles.